The Morgan fingerprint density at radius 3 is 2.49 bits per heavy atom. The lowest BCUT2D eigenvalue weighted by Crippen LogP contribution is -2.55. The second-order valence-corrected chi connectivity index (χ2v) is 14.8. The van der Waals surface area contributed by atoms with E-state index < -0.39 is 42.1 Å². The number of aliphatic hydroxyl groups is 1. The van der Waals surface area contributed by atoms with Crippen molar-refractivity contribution in [1.82, 2.24) is 35.1 Å². The molecule has 5 heterocycles. The van der Waals surface area contributed by atoms with Crippen LogP contribution < -0.4 is 30.7 Å². The van der Waals surface area contributed by atoms with Crippen molar-refractivity contribution in [1.29, 1.82) is 0 Å². The number of hydrogen-bond acceptors (Lipinski definition) is 12. The number of aromatic nitrogens is 4. The van der Waals surface area contributed by atoms with Crippen molar-refractivity contribution in [3.63, 3.8) is 0 Å². The summed E-state index contributed by atoms with van der Waals surface area (Å²) in [5.74, 6) is -1.39. The summed E-state index contributed by atoms with van der Waals surface area (Å²) in [6.07, 6.45) is 7.22. The van der Waals surface area contributed by atoms with Gasteiger partial charge in [0.25, 0.3) is 11.8 Å². The van der Waals surface area contributed by atoms with Crippen molar-refractivity contribution in [2.45, 2.75) is 83.1 Å². The van der Waals surface area contributed by atoms with Gasteiger partial charge in [0.1, 0.15) is 30.3 Å². The third kappa shape index (κ3) is 10.6. The van der Waals surface area contributed by atoms with Gasteiger partial charge in [-0.1, -0.05) is 55.0 Å². The molecule has 2 aliphatic heterocycles. The van der Waals surface area contributed by atoms with E-state index in [4.69, 9.17) is 37.4 Å². The number of imide groups is 1. The Labute approximate surface area is 349 Å². The maximum absolute atomic E-state index is 13.2. The zero-order valence-electron chi connectivity index (χ0n) is 32.5. The van der Waals surface area contributed by atoms with E-state index in [1.165, 1.54) is 30.1 Å². The Kier molecular flexibility index (Phi) is 14.5. The summed E-state index contributed by atoms with van der Waals surface area (Å²) in [5.41, 5.74) is 1.91. The Morgan fingerprint density at radius 1 is 0.949 bits per heavy atom. The Morgan fingerprint density at radius 2 is 1.71 bits per heavy atom. The third-order valence-corrected chi connectivity index (χ3v) is 10.2. The van der Waals surface area contributed by atoms with E-state index in [1.807, 2.05) is 0 Å². The molecule has 20 heteroatoms. The zero-order valence-corrected chi connectivity index (χ0v) is 34.0. The zero-order chi connectivity index (χ0) is 42.1. The van der Waals surface area contributed by atoms with Crippen LogP contribution in [0.5, 0.6) is 11.6 Å². The summed E-state index contributed by atoms with van der Waals surface area (Å²) in [6, 6.07) is 6.31. The van der Waals surface area contributed by atoms with E-state index in [0.29, 0.717) is 42.2 Å². The number of unbranched alkanes of at least 4 members (excludes halogenated alkanes) is 5. The molecule has 6 amide bonds. The second kappa shape index (κ2) is 19.9. The van der Waals surface area contributed by atoms with Gasteiger partial charge in [-0.2, -0.15) is 5.10 Å². The van der Waals surface area contributed by atoms with Gasteiger partial charge in [0.15, 0.2) is 10.8 Å². The molecule has 59 heavy (non-hydrogen) atoms. The van der Waals surface area contributed by atoms with Crippen LogP contribution in [0, 0.1) is 0 Å². The van der Waals surface area contributed by atoms with Gasteiger partial charge >= 0.3 is 6.03 Å². The number of piperidine rings is 1. The van der Waals surface area contributed by atoms with Crippen LogP contribution in [0.2, 0.25) is 10.2 Å². The summed E-state index contributed by atoms with van der Waals surface area (Å²) in [6.45, 7) is 2.45. The van der Waals surface area contributed by atoms with E-state index in [0.717, 1.165) is 37.0 Å². The topological polar surface area (TPSA) is 228 Å². The number of ether oxygens (including phenoxy) is 3. The molecular formula is C39H45Cl2N9O9. The molecule has 1 saturated heterocycles. The van der Waals surface area contributed by atoms with Crippen molar-refractivity contribution < 1.29 is 43.3 Å². The van der Waals surface area contributed by atoms with Gasteiger partial charge < -0.3 is 40.6 Å². The number of carbonyl (C=O) groups excluding carboxylic acids is 5. The Hall–Kier alpha value is -5.56. The normalized spacial score (nSPS) is 16.8. The fourth-order valence-corrected chi connectivity index (χ4v) is 7.17. The molecule has 0 saturated carbocycles. The number of halogens is 2. The number of benzene rings is 1. The van der Waals surface area contributed by atoms with Crippen LogP contribution in [0.3, 0.4) is 0 Å². The van der Waals surface area contributed by atoms with Gasteiger partial charge in [0.05, 0.1) is 53.0 Å². The molecule has 18 nitrogen and oxygen atoms in total. The molecule has 0 spiro atoms. The summed E-state index contributed by atoms with van der Waals surface area (Å²) in [4.78, 5) is 73.7. The number of nitrogens with one attached hydrogen (secondary N) is 4. The lowest BCUT2D eigenvalue weighted by atomic mass is 10.0. The van der Waals surface area contributed by atoms with Gasteiger partial charge in [-0.05, 0) is 50.8 Å². The minimum absolute atomic E-state index is 0.0894. The van der Waals surface area contributed by atoms with Crippen LogP contribution in [0.15, 0.2) is 42.7 Å². The fourth-order valence-electron chi connectivity index (χ4n) is 6.83. The molecule has 6 rings (SSSR count). The Balaban J connectivity index is 0.857. The molecule has 314 valence electrons. The molecule has 3 aromatic heterocycles. The minimum atomic E-state index is -0.994. The SMILES string of the molecule is CO[C@@H](C)c1c(NC(=O)Nc2cc(Cl)cnc2OCCNC(=O)CCCCCCCCOc2cccc3c2C(=O)N(C2CCC(O)NC2=O)C3=O)cnc2cc(Cl)nn12. The number of methoxy groups -OCH3 is 1. The molecular weight excluding hydrogens is 809 g/mol. The van der Waals surface area contributed by atoms with Crippen LogP contribution in [-0.4, -0.2) is 98.4 Å². The lowest BCUT2D eigenvalue weighted by molar-refractivity contribution is -0.131. The van der Waals surface area contributed by atoms with Crippen molar-refractivity contribution in [3.05, 3.63) is 69.7 Å². The molecule has 1 aromatic carbocycles. The number of pyridine rings is 1. The monoisotopic (exact) mass is 853 g/mol. The van der Waals surface area contributed by atoms with Gasteiger partial charge in [0, 0.05) is 25.8 Å². The standard InChI is InChI=1S/C39H45Cl2N9O9/c1-22(57-2)34-26(21-43-30-19-29(41)48-50(30)34)46-39(56)45-25-18-23(40)20-44-36(25)59-17-15-42-31(51)12-7-5-3-4-6-8-16-58-28-11-9-10-24-33(28)38(55)49(37(24)54)27-13-14-32(52)47-35(27)53/h9-11,18-22,27,32,52H,3-8,12-17H2,1-2H3,(H,42,51)(H,47,53)(H2,45,46,56)/t22-,27?,32?/m0/s1. The van der Waals surface area contributed by atoms with Gasteiger partial charge in [-0.25, -0.2) is 19.3 Å². The number of fused-ring (bicyclic) bond motifs is 2. The highest BCUT2D eigenvalue weighted by Gasteiger charge is 2.46. The third-order valence-electron chi connectivity index (χ3n) is 9.81. The number of hydrogen-bond donors (Lipinski definition) is 5. The number of urea groups is 1. The van der Waals surface area contributed by atoms with Crippen molar-refractivity contribution in [3.8, 4) is 11.6 Å². The fraction of sp³-hybridized carbons (Fsp3) is 0.436. The first kappa shape index (κ1) is 43.0. The number of rotatable bonds is 19. The quantitative estimate of drug-likeness (QED) is 0.0600. The van der Waals surface area contributed by atoms with E-state index in [9.17, 15) is 29.1 Å². The average molecular weight is 855 g/mol. The summed E-state index contributed by atoms with van der Waals surface area (Å²) < 4.78 is 18.7. The van der Waals surface area contributed by atoms with Crippen molar-refractivity contribution in [2.24, 2.45) is 0 Å². The minimum Gasteiger partial charge on any atom is -0.493 e. The summed E-state index contributed by atoms with van der Waals surface area (Å²) in [5, 5.41) is 25.1. The predicted molar refractivity (Wildman–Crippen MR) is 216 cm³/mol. The molecule has 0 aliphatic carbocycles. The van der Waals surface area contributed by atoms with E-state index in [2.05, 4.69) is 36.3 Å². The highest BCUT2D eigenvalue weighted by Crippen LogP contribution is 2.34. The highest BCUT2D eigenvalue weighted by atomic mass is 35.5. The molecule has 0 radical (unpaired) electrons. The maximum Gasteiger partial charge on any atom is 0.323 e. The van der Waals surface area contributed by atoms with Gasteiger partial charge in [-0.3, -0.25) is 24.1 Å². The average Bonchev–Trinajstić information content (AvgIpc) is 3.71. The molecule has 2 aliphatic rings. The van der Waals surface area contributed by atoms with Gasteiger partial charge in [-0.15, -0.1) is 0 Å². The molecule has 1 fully saturated rings. The highest BCUT2D eigenvalue weighted by molar-refractivity contribution is 6.31. The first-order valence-electron chi connectivity index (χ1n) is 19.3. The van der Waals surface area contributed by atoms with Crippen LogP contribution in [0.25, 0.3) is 5.65 Å². The molecule has 0 bridgehead atoms. The van der Waals surface area contributed by atoms with Crippen LogP contribution in [0.1, 0.15) is 97.2 Å². The number of anilines is 2. The number of nitrogens with zero attached hydrogens (tertiary/aromatic N) is 5. The van der Waals surface area contributed by atoms with Crippen LogP contribution >= 0.6 is 23.2 Å². The second-order valence-electron chi connectivity index (χ2n) is 14.0. The van der Waals surface area contributed by atoms with Crippen molar-refractivity contribution >= 4 is 69.9 Å². The maximum atomic E-state index is 13.2. The smallest absolute Gasteiger partial charge is 0.323 e. The number of aliphatic hydroxyl groups excluding tert-OH is 1. The molecule has 5 N–H and O–H groups in total. The summed E-state index contributed by atoms with van der Waals surface area (Å²) in [7, 11) is 1.53. The first-order chi connectivity index (χ1) is 28.4. The molecule has 2 unspecified atom stereocenters. The predicted octanol–water partition coefficient (Wildman–Crippen LogP) is 5.28. The first-order valence-corrected chi connectivity index (χ1v) is 20.0. The van der Waals surface area contributed by atoms with Gasteiger partial charge in [0.2, 0.25) is 17.7 Å². The largest absolute Gasteiger partial charge is 0.493 e. The van der Waals surface area contributed by atoms with Crippen molar-refractivity contribution in [2.75, 3.05) is 37.5 Å². The summed E-state index contributed by atoms with van der Waals surface area (Å²) >= 11 is 12.2. The van der Waals surface area contributed by atoms with E-state index in [1.54, 1.807) is 31.2 Å². The van der Waals surface area contributed by atoms with E-state index >= 15 is 0 Å². The number of amides is 6. The van der Waals surface area contributed by atoms with Crippen LogP contribution in [0.4, 0.5) is 16.2 Å². The van der Waals surface area contributed by atoms with Crippen LogP contribution in [-0.2, 0) is 14.3 Å². The van der Waals surface area contributed by atoms with E-state index in [-0.39, 0.29) is 64.8 Å². The molecule has 4 aromatic rings. The lowest BCUT2D eigenvalue weighted by Gasteiger charge is -2.31. The molecule has 3 atom stereocenters. The Bertz CT molecular complexity index is 2200. The number of carbonyl (C=O) groups is 5.